The molecule has 0 aliphatic rings. The number of rotatable bonds is 8. The summed E-state index contributed by atoms with van der Waals surface area (Å²) in [6.07, 6.45) is 1.81. The molecule has 0 bridgehead atoms. The Morgan fingerprint density at radius 3 is 2.80 bits per heavy atom. The molecule has 0 atom stereocenters. The minimum Gasteiger partial charge on any atom is -0.497 e. The quantitative estimate of drug-likeness (QED) is 0.721. The lowest BCUT2D eigenvalue weighted by Gasteiger charge is -2.10. The molecule has 0 amide bonds. The van der Waals surface area contributed by atoms with Gasteiger partial charge >= 0.3 is 0 Å². The van der Waals surface area contributed by atoms with E-state index in [0.29, 0.717) is 0 Å². The highest BCUT2D eigenvalue weighted by atomic mass is 16.5. The first kappa shape index (κ1) is 14.6. The van der Waals surface area contributed by atoms with Crippen LogP contribution in [0.5, 0.6) is 5.75 Å². The lowest BCUT2D eigenvalue weighted by atomic mass is 10.1. The van der Waals surface area contributed by atoms with Gasteiger partial charge in [-0.2, -0.15) is 0 Å². The fraction of sp³-hybridized carbons (Fsp3) is 0.400. The minimum atomic E-state index is 0.726. The van der Waals surface area contributed by atoms with Crippen molar-refractivity contribution >= 4 is 16.6 Å². The lowest BCUT2D eigenvalue weighted by molar-refractivity contribution is 0.200. The zero-order valence-electron chi connectivity index (χ0n) is 12.0. The van der Waals surface area contributed by atoms with Crippen molar-refractivity contribution in [1.29, 1.82) is 0 Å². The third-order valence-electron chi connectivity index (χ3n) is 3.05. The Morgan fingerprint density at radius 1 is 1.10 bits per heavy atom. The summed E-state index contributed by atoms with van der Waals surface area (Å²) in [5.41, 5.74) is 0. The molecule has 0 radical (unpaired) electrons. The normalized spacial score (nSPS) is 10.7. The number of nitrogens with zero attached hydrogens (tertiary/aromatic N) is 1. The van der Waals surface area contributed by atoms with Crippen LogP contribution in [-0.2, 0) is 4.74 Å². The highest BCUT2D eigenvalue weighted by Gasteiger charge is 2.03. The van der Waals surface area contributed by atoms with Gasteiger partial charge in [0.05, 0.1) is 13.7 Å². The molecule has 0 fully saturated rings. The van der Waals surface area contributed by atoms with Gasteiger partial charge in [0, 0.05) is 38.3 Å². The molecule has 0 aliphatic heterocycles. The molecule has 2 aromatic rings. The van der Waals surface area contributed by atoms with E-state index in [0.717, 1.165) is 48.6 Å². The average molecular weight is 275 g/mol. The van der Waals surface area contributed by atoms with E-state index < -0.39 is 0 Å². The van der Waals surface area contributed by atoms with Gasteiger partial charge in [-0.25, -0.2) is 4.98 Å². The molecule has 0 saturated carbocycles. The Hall–Kier alpha value is -1.85. The third-order valence-corrected chi connectivity index (χ3v) is 3.05. The third kappa shape index (κ3) is 3.82. The number of ether oxygens (including phenoxy) is 2. The number of benzene rings is 1. The molecule has 1 aromatic carbocycles. The highest BCUT2D eigenvalue weighted by molar-refractivity contribution is 5.92. The average Bonchev–Trinajstić information content (AvgIpc) is 2.50. The molecule has 0 unspecified atom stereocenters. The number of methoxy groups -OCH3 is 2. The van der Waals surface area contributed by atoms with Crippen molar-refractivity contribution in [2.75, 3.05) is 45.8 Å². The van der Waals surface area contributed by atoms with Crippen LogP contribution in [0.15, 0.2) is 30.5 Å². The van der Waals surface area contributed by atoms with Crippen LogP contribution in [0.25, 0.3) is 10.8 Å². The summed E-state index contributed by atoms with van der Waals surface area (Å²) in [6.45, 7) is 3.26. The van der Waals surface area contributed by atoms with Crippen LogP contribution in [-0.4, -0.2) is 45.4 Å². The van der Waals surface area contributed by atoms with Crippen LogP contribution in [0.1, 0.15) is 0 Å². The number of anilines is 1. The maximum atomic E-state index is 5.27. The second kappa shape index (κ2) is 7.67. The van der Waals surface area contributed by atoms with Crippen molar-refractivity contribution in [1.82, 2.24) is 10.3 Å². The van der Waals surface area contributed by atoms with E-state index in [4.69, 9.17) is 9.47 Å². The minimum absolute atomic E-state index is 0.726. The van der Waals surface area contributed by atoms with Gasteiger partial charge in [0.25, 0.3) is 0 Å². The summed E-state index contributed by atoms with van der Waals surface area (Å²) in [4.78, 5) is 4.40. The first-order valence-corrected chi connectivity index (χ1v) is 6.71. The van der Waals surface area contributed by atoms with Gasteiger partial charge in [-0.3, -0.25) is 0 Å². The van der Waals surface area contributed by atoms with Gasteiger partial charge in [0.1, 0.15) is 11.6 Å². The van der Waals surface area contributed by atoms with Gasteiger partial charge in [0.2, 0.25) is 0 Å². The van der Waals surface area contributed by atoms with Crippen LogP contribution in [0.2, 0.25) is 0 Å². The van der Waals surface area contributed by atoms with E-state index >= 15 is 0 Å². The predicted molar refractivity (Wildman–Crippen MR) is 81.5 cm³/mol. The molecule has 1 aromatic heterocycles. The topological polar surface area (TPSA) is 55.4 Å². The standard InChI is InChI=1S/C15H21N3O2/c1-19-10-9-16-7-8-18-15-14-11-13(20-2)4-3-12(14)5-6-17-15/h3-6,11,16H,7-10H2,1-2H3,(H,17,18). The van der Waals surface area contributed by atoms with E-state index in [1.165, 1.54) is 0 Å². The van der Waals surface area contributed by atoms with Crippen LogP contribution in [0, 0.1) is 0 Å². The maximum absolute atomic E-state index is 5.27. The number of pyridine rings is 1. The van der Waals surface area contributed by atoms with Crippen LogP contribution in [0.4, 0.5) is 5.82 Å². The van der Waals surface area contributed by atoms with Crippen molar-refractivity contribution in [3.05, 3.63) is 30.5 Å². The second-order valence-corrected chi connectivity index (χ2v) is 4.42. The Labute approximate surface area is 119 Å². The summed E-state index contributed by atoms with van der Waals surface area (Å²) in [5.74, 6) is 1.72. The Balaban J connectivity index is 1.98. The van der Waals surface area contributed by atoms with E-state index in [-0.39, 0.29) is 0 Å². The fourth-order valence-corrected chi connectivity index (χ4v) is 1.98. The molecule has 20 heavy (non-hydrogen) atoms. The Kier molecular flexibility index (Phi) is 5.58. The van der Waals surface area contributed by atoms with E-state index in [2.05, 4.69) is 15.6 Å². The first-order valence-electron chi connectivity index (χ1n) is 6.71. The molecular formula is C15H21N3O2. The van der Waals surface area contributed by atoms with Crippen molar-refractivity contribution in [2.24, 2.45) is 0 Å². The van der Waals surface area contributed by atoms with Crippen molar-refractivity contribution in [2.45, 2.75) is 0 Å². The molecular weight excluding hydrogens is 254 g/mol. The first-order chi connectivity index (χ1) is 9.85. The van der Waals surface area contributed by atoms with Gasteiger partial charge < -0.3 is 20.1 Å². The van der Waals surface area contributed by atoms with E-state index in [1.54, 1.807) is 14.2 Å². The van der Waals surface area contributed by atoms with Crippen LogP contribution >= 0.6 is 0 Å². The summed E-state index contributed by atoms with van der Waals surface area (Å²) in [6, 6.07) is 8.00. The van der Waals surface area contributed by atoms with Gasteiger partial charge in [0.15, 0.2) is 0 Å². The molecule has 108 valence electrons. The Bertz CT molecular complexity index is 546. The van der Waals surface area contributed by atoms with Gasteiger partial charge in [-0.1, -0.05) is 6.07 Å². The summed E-state index contributed by atoms with van der Waals surface area (Å²) in [5, 5.41) is 8.85. The fourth-order valence-electron chi connectivity index (χ4n) is 1.98. The number of nitrogens with one attached hydrogen (secondary N) is 2. The number of hydrogen-bond donors (Lipinski definition) is 2. The van der Waals surface area contributed by atoms with Crippen LogP contribution < -0.4 is 15.4 Å². The van der Waals surface area contributed by atoms with Gasteiger partial charge in [-0.05, 0) is 23.6 Å². The van der Waals surface area contributed by atoms with Crippen molar-refractivity contribution < 1.29 is 9.47 Å². The maximum Gasteiger partial charge on any atom is 0.133 e. The summed E-state index contributed by atoms with van der Waals surface area (Å²) >= 11 is 0. The predicted octanol–water partition coefficient (Wildman–Crippen LogP) is 1.89. The highest BCUT2D eigenvalue weighted by Crippen LogP contribution is 2.25. The molecule has 5 nitrogen and oxygen atoms in total. The van der Waals surface area contributed by atoms with E-state index in [9.17, 15) is 0 Å². The molecule has 0 aliphatic carbocycles. The molecule has 0 saturated heterocycles. The second-order valence-electron chi connectivity index (χ2n) is 4.42. The smallest absolute Gasteiger partial charge is 0.133 e. The SMILES string of the molecule is COCCNCCNc1nccc2ccc(OC)cc12. The lowest BCUT2D eigenvalue weighted by Crippen LogP contribution is -2.25. The summed E-state index contributed by atoms with van der Waals surface area (Å²) < 4.78 is 10.2. The van der Waals surface area contributed by atoms with Crippen LogP contribution in [0.3, 0.4) is 0 Å². The number of fused-ring (bicyclic) bond motifs is 1. The monoisotopic (exact) mass is 275 g/mol. The number of aromatic nitrogens is 1. The zero-order valence-corrected chi connectivity index (χ0v) is 12.0. The van der Waals surface area contributed by atoms with Gasteiger partial charge in [-0.15, -0.1) is 0 Å². The molecule has 2 rings (SSSR count). The Morgan fingerprint density at radius 2 is 2.00 bits per heavy atom. The molecule has 0 spiro atoms. The molecule has 1 heterocycles. The zero-order chi connectivity index (χ0) is 14.2. The van der Waals surface area contributed by atoms with E-state index in [1.807, 2.05) is 30.5 Å². The largest absolute Gasteiger partial charge is 0.497 e. The van der Waals surface area contributed by atoms with Crippen molar-refractivity contribution in [3.63, 3.8) is 0 Å². The van der Waals surface area contributed by atoms with Crippen molar-refractivity contribution in [3.8, 4) is 5.75 Å². The number of hydrogen-bond acceptors (Lipinski definition) is 5. The molecule has 5 heteroatoms. The molecule has 2 N–H and O–H groups in total. The summed E-state index contributed by atoms with van der Waals surface area (Å²) in [7, 11) is 3.37.